The molecule has 14 heteroatoms. The van der Waals surface area contributed by atoms with Gasteiger partial charge in [-0.1, -0.05) is 161 Å². The molecule has 2 rings (SSSR count). The summed E-state index contributed by atoms with van der Waals surface area (Å²) >= 11 is 0. The number of rotatable bonds is 35. The fourth-order valence-electron chi connectivity index (χ4n) is 7.82. The molecule has 0 saturated carbocycles. The van der Waals surface area contributed by atoms with E-state index >= 15 is 0 Å². The van der Waals surface area contributed by atoms with Crippen LogP contribution in [0.4, 0.5) is 0 Å². The number of carbonyl (C=O) groups excluding carboxylic acids is 1. The first kappa shape index (κ1) is 53.9. The van der Waals surface area contributed by atoms with Crippen LogP contribution in [0, 0.1) is 0 Å². The zero-order chi connectivity index (χ0) is 43.3. The molecule has 2 aliphatic heterocycles. The predicted molar refractivity (Wildman–Crippen MR) is 226 cm³/mol. The largest absolute Gasteiger partial charge is 0.394 e. The Morgan fingerprint density at radius 1 is 0.593 bits per heavy atom. The fourth-order valence-corrected chi connectivity index (χ4v) is 7.82. The van der Waals surface area contributed by atoms with Crippen molar-refractivity contribution in [3.8, 4) is 0 Å². The zero-order valence-corrected chi connectivity index (χ0v) is 36.5. The monoisotopic (exact) mass is 848 g/mol. The first-order valence-electron chi connectivity index (χ1n) is 23.4. The minimum Gasteiger partial charge on any atom is -0.394 e. The van der Waals surface area contributed by atoms with Crippen molar-refractivity contribution in [3.63, 3.8) is 0 Å². The second-order valence-electron chi connectivity index (χ2n) is 16.9. The highest BCUT2D eigenvalue weighted by atomic mass is 16.7. The van der Waals surface area contributed by atoms with Crippen LogP contribution in [-0.4, -0.2) is 140 Å². The zero-order valence-electron chi connectivity index (χ0n) is 36.5. The number of hydrogen-bond donors (Lipinski definition) is 9. The summed E-state index contributed by atoms with van der Waals surface area (Å²) < 4.78 is 22.5. The van der Waals surface area contributed by atoms with E-state index in [9.17, 15) is 45.6 Å². The summed E-state index contributed by atoms with van der Waals surface area (Å²) in [4.78, 5) is 12.9. The summed E-state index contributed by atoms with van der Waals surface area (Å²) in [5.41, 5.74) is 0. The quantitative estimate of drug-likeness (QED) is 0.0308. The summed E-state index contributed by atoms with van der Waals surface area (Å²) in [5.74, 6) is -0.252. The van der Waals surface area contributed by atoms with Gasteiger partial charge in [-0.2, -0.15) is 0 Å². The molecule has 2 aliphatic rings. The minimum atomic E-state index is -1.78. The van der Waals surface area contributed by atoms with E-state index in [2.05, 4.69) is 19.2 Å². The van der Waals surface area contributed by atoms with Crippen LogP contribution in [0.3, 0.4) is 0 Å². The SMILES string of the molecule is CCCCCCCCCCCCCCCCCCCC/C=C/C(O)C(COC1OC(CO)C(OC2OC(CO)C(O)C(O)C2O)C(O)C1O)NC(=O)CCCCCCC. The van der Waals surface area contributed by atoms with Crippen molar-refractivity contribution in [1.29, 1.82) is 0 Å². The lowest BCUT2D eigenvalue weighted by Gasteiger charge is -2.46. The minimum absolute atomic E-state index is 0.252. The van der Waals surface area contributed by atoms with Gasteiger partial charge in [0.05, 0.1) is 32.0 Å². The fraction of sp³-hybridized carbons (Fsp3) is 0.933. The van der Waals surface area contributed by atoms with E-state index in [1.165, 1.54) is 103 Å². The van der Waals surface area contributed by atoms with Crippen LogP contribution in [0.25, 0.3) is 0 Å². The molecule has 2 saturated heterocycles. The maximum absolute atomic E-state index is 12.9. The second kappa shape index (κ2) is 33.3. The molecular formula is C45H85NO13. The number of amides is 1. The van der Waals surface area contributed by atoms with Gasteiger partial charge in [0.1, 0.15) is 48.8 Å². The van der Waals surface area contributed by atoms with Crippen molar-refractivity contribution in [1.82, 2.24) is 5.32 Å². The normalized spacial score (nSPS) is 28.6. The molecule has 1 amide bonds. The topological polar surface area (TPSA) is 228 Å². The molecule has 0 aliphatic carbocycles. The highest BCUT2D eigenvalue weighted by Crippen LogP contribution is 2.30. The molecule has 0 aromatic carbocycles. The number of unbranched alkanes of at least 4 members (excludes halogenated alkanes) is 22. The number of ether oxygens (including phenoxy) is 4. The lowest BCUT2D eigenvalue weighted by molar-refractivity contribution is -0.359. The average molecular weight is 848 g/mol. The predicted octanol–water partition coefficient (Wildman–Crippen LogP) is 4.82. The maximum Gasteiger partial charge on any atom is 0.220 e. The van der Waals surface area contributed by atoms with Gasteiger partial charge in [0, 0.05) is 6.42 Å². The van der Waals surface area contributed by atoms with E-state index in [-0.39, 0.29) is 18.9 Å². The van der Waals surface area contributed by atoms with Crippen molar-refractivity contribution < 1.29 is 64.6 Å². The third-order valence-corrected chi connectivity index (χ3v) is 11.7. The smallest absolute Gasteiger partial charge is 0.220 e. The highest BCUT2D eigenvalue weighted by Gasteiger charge is 2.50. The first-order valence-corrected chi connectivity index (χ1v) is 23.4. The van der Waals surface area contributed by atoms with Crippen LogP contribution in [-0.2, 0) is 23.7 Å². The Balaban J connectivity index is 1.78. The third kappa shape index (κ3) is 21.6. The van der Waals surface area contributed by atoms with E-state index in [4.69, 9.17) is 18.9 Å². The molecule has 0 radical (unpaired) electrons. The number of aliphatic hydroxyl groups is 8. The van der Waals surface area contributed by atoms with Gasteiger partial charge in [0.25, 0.3) is 0 Å². The standard InChI is InChI=1S/C45H85NO13/c1-3-5-7-9-10-11-12-13-14-15-16-17-18-19-20-21-22-23-25-26-28-34(49)33(46-37(50)29-27-24-8-6-4-2)32-56-44-42(55)40(53)43(36(31-48)58-44)59-45-41(54)39(52)38(51)35(30-47)57-45/h26,28,33-36,38-45,47-49,51-55H,3-25,27,29-32H2,1-2H3,(H,46,50)/b28-26+. The third-order valence-electron chi connectivity index (χ3n) is 11.7. The van der Waals surface area contributed by atoms with Crippen LogP contribution in [0.15, 0.2) is 12.2 Å². The summed E-state index contributed by atoms with van der Waals surface area (Å²) in [7, 11) is 0. The number of hydrogen-bond acceptors (Lipinski definition) is 13. The van der Waals surface area contributed by atoms with Gasteiger partial charge >= 0.3 is 0 Å². The molecule has 12 unspecified atom stereocenters. The molecule has 0 aromatic rings. The molecule has 0 aromatic heterocycles. The summed E-state index contributed by atoms with van der Waals surface area (Å²) in [6.45, 7) is 2.68. The number of allylic oxidation sites excluding steroid dienone is 1. The van der Waals surface area contributed by atoms with E-state index in [0.29, 0.717) is 6.42 Å². The Morgan fingerprint density at radius 2 is 1.05 bits per heavy atom. The number of nitrogens with one attached hydrogen (secondary N) is 1. The van der Waals surface area contributed by atoms with Crippen LogP contribution in [0.5, 0.6) is 0 Å². The maximum atomic E-state index is 12.9. The Labute approximate surface area is 355 Å². The number of carbonyl (C=O) groups is 1. The van der Waals surface area contributed by atoms with Crippen LogP contribution >= 0.6 is 0 Å². The molecule has 9 N–H and O–H groups in total. The molecule has 2 heterocycles. The molecule has 59 heavy (non-hydrogen) atoms. The van der Waals surface area contributed by atoms with Crippen LogP contribution in [0.2, 0.25) is 0 Å². The second-order valence-corrected chi connectivity index (χ2v) is 16.9. The van der Waals surface area contributed by atoms with Gasteiger partial charge in [-0.25, -0.2) is 0 Å². The van der Waals surface area contributed by atoms with Gasteiger partial charge in [0.2, 0.25) is 5.91 Å². The Morgan fingerprint density at radius 3 is 1.56 bits per heavy atom. The van der Waals surface area contributed by atoms with Crippen LogP contribution in [0.1, 0.15) is 174 Å². The molecule has 2 fully saturated rings. The van der Waals surface area contributed by atoms with Crippen molar-refractivity contribution in [2.75, 3.05) is 19.8 Å². The Hall–Kier alpha value is -1.27. The van der Waals surface area contributed by atoms with E-state index in [1.54, 1.807) is 6.08 Å². The Bertz CT molecular complexity index is 1050. The lowest BCUT2D eigenvalue weighted by Crippen LogP contribution is -2.65. The van der Waals surface area contributed by atoms with E-state index in [0.717, 1.165) is 44.9 Å². The van der Waals surface area contributed by atoms with E-state index in [1.807, 2.05) is 6.08 Å². The molecule has 348 valence electrons. The summed E-state index contributed by atoms with van der Waals surface area (Å²) in [6, 6.07) is -0.904. The van der Waals surface area contributed by atoms with Gasteiger partial charge in [0.15, 0.2) is 12.6 Å². The summed E-state index contributed by atoms with van der Waals surface area (Å²) in [5, 5.41) is 86.2. The van der Waals surface area contributed by atoms with E-state index < -0.39 is 86.8 Å². The summed E-state index contributed by atoms with van der Waals surface area (Å²) in [6.07, 6.45) is 16.0. The van der Waals surface area contributed by atoms with Crippen molar-refractivity contribution in [3.05, 3.63) is 12.2 Å². The molecule has 14 nitrogen and oxygen atoms in total. The van der Waals surface area contributed by atoms with Gasteiger partial charge < -0.3 is 65.1 Å². The molecule has 0 bridgehead atoms. The lowest BCUT2D eigenvalue weighted by atomic mass is 9.97. The van der Waals surface area contributed by atoms with Crippen molar-refractivity contribution in [2.24, 2.45) is 0 Å². The number of aliphatic hydroxyl groups excluding tert-OH is 8. The van der Waals surface area contributed by atoms with Crippen LogP contribution < -0.4 is 5.32 Å². The average Bonchev–Trinajstić information content (AvgIpc) is 3.23. The van der Waals surface area contributed by atoms with Crippen molar-refractivity contribution >= 4 is 5.91 Å². The van der Waals surface area contributed by atoms with Gasteiger partial charge in [-0.3, -0.25) is 4.79 Å². The molecular weight excluding hydrogens is 762 g/mol. The highest BCUT2D eigenvalue weighted by molar-refractivity contribution is 5.76. The first-order chi connectivity index (χ1) is 28.6. The molecule has 0 spiro atoms. The Kier molecular flexibility index (Phi) is 30.4. The van der Waals surface area contributed by atoms with Gasteiger partial charge in [-0.15, -0.1) is 0 Å². The van der Waals surface area contributed by atoms with Gasteiger partial charge in [-0.05, 0) is 19.3 Å². The van der Waals surface area contributed by atoms with Crippen molar-refractivity contribution in [2.45, 2.75) is 248 Å². The molecule has 12 atom stereocenters.